The molecule has 4 rings (SSSR count). The van der Waals surface area contributed by atoms with Gasteiger partial charge in [-0.15, -0.1) is 0 Å². The maximum Gasteiger partial charge on any atom is 0.256 e. The Balaban J connectivity index is 1.47. The number of hydrogen-bond donors (Lipinski definition) is 1. The zero-order chi connectivity index (χ0) is 16.6. The molecular formula is C16H19N5O3. The lowest BCUT2D eigenvalue weighted by Gasteiger charge is -2.27. The highest BCUT2D eigenvalue weighted by molar-refractivity contribution is 5.94. The fraction of sp³-hybridized carbons (Fsp3) is 0.500. The van der Waals surface area contributed by atoms with E-state index in [-0.39, 0.29) is 11.3 Å². The molecule has 126 valence electrons. The lowest BCUT2D eigenvalue weighted by molar-refractivity contribution is 0.0918. The van der Waals surface area contributed by atoms with Crippen molar-refractivity contribution in [3.8, 4) is 0 Å². The molecule has 0 radical (unpaired) electrons. The summed E-state index contributed by atoms with van der Waals surface area (Å²) >= 11 is 0. The number of fused-ring (bicyclic) bond motifs is 1. The van der Waals surface area contributed by atoms with Crippen molar-refractivity contribution in [3.63, 3.8) is 0 Å². The van der Waals surface area contributed by atoms with E-state index in [2.05, 4.69) is 25.3 Å². The van der Waals surface area contributed by atoms with Crippen molar-refractivity contribution in [1.82, 2.24) is 20.4 Å². The van der Waals surface area contributed by atoms with Crippen molar-refractivity contribution < 1.29 is 14.1 Å². The highest BCUT2D eigenvalue weighted by Crippen LogP contribution is 2.41. The number of aromatic nitrogens is 3. The number of nitrogens with zero attached hydrogens (tertiary/aromatic N) is 4. The summed E-state index contributed by atoms with van der Waals surface area (Å²) in [5, 5.41) is 6.67. The molecule has 0 aromatic carbocycles. The van der Waals surface area contributed by atoms with Crippen molar-refractivity contribution in [2.75, 3.05) is 37.7 Å². The Morgan fingerprint density at radius 1 is 1.46 bits per heavy atom. The third-order valence-electron chi connectivity index (χ3n) is 4.95. The summed E-state index contributed by atoms with van der Waals surface area (Å²) in [6.07, 6.45) is 4.94. The molecule has 2 aromatic heterocycles. The molecule has 1 amide bonds. The molecule has 0 saturated carbocycles. The summed E-state index contributed by atoms with van der Waals surface area (Å²) in [6.45, 7) is 5.21. The summed E-state index contributed by atoms with van der Waals surface area (Å²) < 4.78 is 10.7. The Bertz CT molecular complexity index is 734. The van der Waals surface area contributed by atoms with E-state index in [1.807, 2.05) is 0 Å². The Morgan fingerprint density at radius 2 is 2.29 bits per heavy atom. The van der Waals surface area contributed by atoms with Crippen molar-refractivity contribution >= 4 is 11.9 Å². The van der Waals surface area contributed by atoms with Gasteiger partial charge in [0, 0.05) is 43.4 Å². The monoisotopic (exact) mass is 329 g/mol. The molecule has 2 aliphatic heterocycles. The molecule has 0 spiro atoms. The molecule has 1 N–H and O–H groups in total. The minimum atomic E-state index is -0.164. The first-order valence-electron chi connectivity index (χ1n) is 7.97. The van der Waals surface area contributed by atoms with Crippen molar-refractivity contribution in [2.24, 2.45) is 11.3 Å². The van der Waals surface area contributed by atoms with Crippen molar-refractivity contribution in [1.29, 1.82) is 0 Å². The average molecular weight is 329 g/mol. The van der Waals surface area contributed by atoms with Crippen LogP contribution in [0.5, 0.6) is 0 Å². The smallest absolute Gasteiger partial charge is 0.256 e. The Labute approximate surface area is 139 Å². The van der Waals surface area contributed by atoms with Crippen LogP contribution in [-0.4, -0.2) is 53.9 Å². The van der Waals surface area contributed by atoms with Gasteiger partial charge < -0.3 is 19.5 Å². The molecular weight excluding hydrogens is 310 g/mol. The van der Waals surface area contributed by atoms with Gasteiger partial charge in [-0.05, 0) is 13.0 Å². The molecule has 2 saturated heterocycles. The van der Waals surface area contributed by atoms with Crippen LogP contribution < -0.4 is 10.2 Å². The SMILES string of the molecule is Cc1oncc1C(=O)NC[C@]12COC[C@H]1CN(c1ncccn1)C2. The van der Waals surface area contributed by atoms with Gasteiger partial charge in [0.15, 0.2) is 0 Å². The summed E-state index contributed by atoms with van der Waals surface area (Å²) in [7, 11) is 0. The first kappa shape index (κ1) is 15.1. The van der Waals surface area contributed by atoms with E-state index in [1.54, 1.807) is 25.4 Å². The predicted molar refractivity (Wildman–Crippen MR) is 84.6 cm³/mol. The van der Waals surface area contributed by atoms with E-state index in [4.69, 9.17) is 9.26 Å². The van der Waals surface area contributed by atoms with Crippen molar-refractivity contribution in [2.45, 2.75) is 6.92 Å². The first-order chi connectivity index (χ1) is 11.7. The van der Waals surface area contributed by atoms with Gasteiger partial charge in [0.1, 0.15) is 11.3 Å². The number of carbonyl (C=O) groups is 1. The number of aryl methyl sites for hydroxylation is 1. The standard InChI is InChI=1S/C16H19N5O3/c1-11-13(5-20-24-11)14(22)19-8-16-9-21(6-12(16)7-23-10-16)15-17-3-2-4-18-15/h2-5,12H,6-10H2,1H3,(H,19,22)/t12-,16+/m1/s1. The van der Waals surface area contributed by atoms with Crippen LogP contribution in [0.2, 0.25) is 0 Å². The number of ether oxygens (including phenoxy) is 1. The van der Waals surface area contributed by atoms with Crippen LogP contribution in [0.15, 0.2) is 29.2 Å². The van der Waals surface area contributed by atoms with E-state index in [0.29, 0.717) is 37.0 Å². The van der Waals surface area contributed by atoms with Crippen LogP contribution in [-0.2, 0) is 4.74 Å². The molecule has 0 aliphatic carbocycles. The van der Waals surface area contributed by atoms with Gasteiger partial charge in [-0.3, -0.25) is 4.79 Å². The van der Waals surface area contributed by atoms with Gasteiger partial charge >= 0.3 is 0 Å². The third-order valence-corrected chi connectivity index (χ3v) is 4.95. The van der Waals surface area contributed by atoms with Crippen LogP contribution in [0.3, 0.4) is 0 Å². The molecule has 2 aliphatic rings. The molecule has 24 heavy (non-hydrogen) atoms. The van der Waals surface area contributed by atoms with E-state index in [1.165, 1.54) is 6.20 Å². The topological polar surface area (TPSA) is 93.4 Å². The highest BCUT2D eigenvalue weighted by atomic mass is 16.5. The molecule has 0 unspecified atom stereocenters. The number of carbonyl (C=O) groups excluding carboxylic acids is 1. The molecule has 2 atom stereocenters. The normalized spacial score (nSPS) is 25.7. The second kappa shape index (κ2) is 5.86. The average Bonchev–Trinajstić information content (AvgIpc) is 3.27. The summed E-state index contributed by atoms with van der Waals surface area (Å²) in [6, 6.07) is 1.81. The number of amides is 1. The summed E-state index contributed by atoms with van der Waals surface area (Å²) in [5.41, 5.74) is 0.364. The van der Waals surface area contributed by atoms with Crippen LogP contribution in [0.25, 0.3) is 0 Å². The molecule has 2 aromatic rings. The van der Waals surface area contributed by atoms with Gasteiger partial charge in [-0.25, -0.2) is 9.97 Å². The summed E-state index contributed by atoms with van der Waals surface area (Å²) in [4.78, 5) is 23.2. The highest BCUT2D eigenvalue weighted by Gasteiger charge is 2.51. The Morgan fingerprint density at radius 3 is 3.04 bits per heavy atom. The van der Waals surface area contributed by atoms with Gasteiger partial charge in [0.25, 0.3) is 5.91 Å². The quantitative estimate of drug-likeness (QED) is 0.880. The van der Waals surface area contributed by atoms with E-state index < -0.39 is 0 Å². The first-order valence-corrected chi connectivity index (χ1v) is 7.97. The third kappa shape index (κ3) is 2.52. The number of hydrogen-bond acceptors (Lipinski definition) is 7. The zero-order valence-corrected chi connectivity index (χ0v) is 13.4. The molecule has 4 heterocycles. The van der Waals surface area contributed by atoms with Crippen LogP contribution in [0.1, 0.15) is 16.1 Å². The second-order valence-corrected chi connectivity index (χ2v) is 6.48. The van der Waals surface area contributed by atoms with E-state index in [9.17, 15) is 4.79 Å². The minimum absolute atomic E-state index is 0.111. The largest absolute Gasteiger partial charge is 0.380 e. The number of nitrogens with one attached hydrogen (secondary N) is 1. The molecule has 8 nitrogen and oxygen atoms in total. The Hall–Kier alpha value is -2.48. The second-order valence-electron chi connectivity index (χ2n) is 6.48. The van der Waals surface area contributed by atoms with E-state index in [0.717, 1.165) is 19.0 Å². The fourth-order valence-corrected chi connectivity index (χ4v) is 3.56. The van der Waals surface area contributed by atoms with Crippen LogP contribution in [0.4, 0.5) is 5.95 Å². The van der Waals surface area contributed by atoms with Gasteiger partial charge in [-0.2, -0.15) is 0 Å². The van der Waals surface area contributed by atoms with Gasteiger partial charge in [-0.1, -0.05) is 5.16 Å². The van der Waals surface area contributed by atoms with Crippen molar-refractivity contribution in [3.05, 3.63) is 36.0 Å². The van der Waals surface area contributed by atoms with E-state index >= 15 is 0 Å². The molecule has 8 heteroatoms. The molecule has 0 bridgehead atoms. The summed E-state index contributed by atoms with van der Waals surface area (Å²) in [5.74, 6) is 1.44. The van der Waals surface area contributed by atoms with Crippen LogP contribution in [0, 0.1) is 18.3 Å². The molecule has 2 fully saturated rings. The fourth-order valence-electron chi connectivity index (χ4n) is 3.56. The maximum absolute atomic E-state index is 12.3. The minimum Gasteiger partial charge on any atom is -0.380 e. The lowest BCUT2D eigenvalue weighted by Crippen LogP contribution is -2.43. The number of anilines is 1. The van der Waals surface area contributed by atoms with Gasteiger partial charge in [0.05, 0.1) is 19.4 Å². The van der Waals surface area contributed by atoms with Gasteiger partial charge in [0.2, 0.25) is 5.95 Å². The maximum atomic E-state index is 12.3. The Kier molecular flexibility index (Phi) is 3.68. The zero-order valence-electron chi connectivity index (χ0n) is 13.4. The predicted octanol–water partition coefficient (Wildman–Crippen LogP) is 0.656. The number of rotatable bonds is 4. The lowest BCUT2D eigenvalue weighted by atomic mass is 9.81. The van der Waals surface area contributed by atoms with Crippen LogP contribution >= 0.6 is 0 Å².